The number of aromatic nitrogens is 2. The first-order chi connectivity index (χ1) is 21.7. The largest absolute Gasteiger partial charge is 0.503 e. The highest BCUT2D eigenvalue weighted by Crippen LogP contribution is 2.27. The highest BCUT2D eigenvalue weighted by Gasteiger charge is 2.39. The van der Waals surface area contributed by atoms with Crippen molar-refractivity contribution in [3.8, 4) is 11.5 Å². The number of pyridine rings is 2. The van der Waals surface area contributed by atoms with Crippen LogP contribution in [0, 0.1) is 19.0 Å². The molecule has 4 rings (SSSR count). The molecule has 0 saturated carbocycles. The van der Waals surface area contributed by atoms with E-state index in [4.69, 9.17) is 24.4 Å². The Bertz CT molecular complexity index is 1310. The Hall–Kier alpha value is -2.42. The molecule has 2 fully saturated rings. The fraction of sp³-hybridized carbons (Fsp3) is 0.600. The van der Waals surface area contributed by atoms with Crippen molar-refractivity contribution < 1.29 is 51.6 Å². The summed E-state index contributed by atoms with van der Waals surface area (Å²) in [5.74, 6) is -1.91. The van der Waals surface area contributed by atoms with Crippen molar-refractivity contribution in [2.24, 2.45) is 0 Å². The molecule has 0 spiro atoms. The fourth-order valence-corrected chi connectivity index (χ4v) is 5.18. The zero-order chi connectivity index (χ0) is 35.7. The Morgan fingerprint density at radius 1 is 0.851 bits per heavy atom. The van der Waals surface area contributed by atoms with Gasteiger partial charge in [-0.15, -0.1) is 0 Å². The van der Waals surface area contributed by atoms with Crippen LogP contribution < -0.4 is 4.74 Å². The molecule has 2 aliphatic rings. The number of aliphatic hydroxyl groups is 1. The number of hydrogen-bond acceptors (Lipinski definition) is 9. The highest BCUT2D eigenvalue weighted by atomic mass is 127. The van der Waals surface area contributed by atoms with Crippen molar-refractivity contribution in [3.05, 3.63) is 43.6 Å². The van der Waals surface area contributed by atoms with Gasteiger partial charge in [0.05, 0.1) is 38.9 Å². The Kier molecular flexibility index (Phi) is 15.5. The predicted molar refractivity (Wildman–Crippen MR) is 181 cm³/mol. The molecule has 47 heavy (non-hydrogen) atoms. The number of rotatable bonds is 4. The second kappa shape index (κ2) is 17.8. The van der Waals surface area contributed by atoms with E-state index >= 15 is 0 Å². The molecule has 2 aromatic heterocycles. The van der Waals surface area contributed by atoms with Crippen LogP contribution in [0.15, 0.2) is 24.5 Å². The molecule has 4 atom stereocenters. The SMILES string of the molecule is CC(C)(C)OC(=O)N1C[C@@H](F)C[C@H]1CO.CC(C)(C)OC(=O)N1C[C@@H](F)C[C@H]1COc1c(I)ccnc1F.Oc1c(I)ccnc1F. The van der Waals surface area contributed by atoms with Crippen LogP contribution in [0.5, 0.6) is 11.5 Å². The number of alkyl halides is 2. The van der Waals surface area contributed by atoms with Crippen molar-refractivity contribution in [1.82, 2.24) is 19.8 Å². The minimum Gasteiger partial charge on any atom is -0.503 e. The van der Waals surface area contributed by atoms with Crippen molar-refractivity contribution in [2.45, 2.75) is 90.0 Å². The van der Waals surface area contributed by atoms with Gasteiger partial charge in [0.2, 0.25) is 0 Å². The van der Waals surface area contributed by atoms with E-state index in [9.17, 15) is 27.2 Å². The van der Waals surface area contributed by atoms with Crippen molar-refractivity contribution >= 4 is 57.4 Å². The molecule has 0 radical (unpaired) electrons. The van der Waals surface area contributed by atoms with Crippen LogP contribution in [-0.2, 0) is 9.47 Å². The molecule has 2 amide bonds. The number of halogens is 6. The monoisotopic (exact) mass is 898 g/mol. The fourth-order valence-electron chi connectivity index (χ4n) is 4.25. The molecule has 0 aliphatic carbocycles. The Morgan fingerprint density at radius 3 is 1.72 bits per heavy atom. The molecular formula is C30H40F4I2N4O7. The van der Waals surface area contributed by atoms with Gasteiger partial charge in [-0.1, -0.05) is 0 Å². The van der Waals surface area contributed by atoms with E-state index in [2.05, 4.69) is 9.97 Å². The normalized spacial score (nSPS) is 20.9. The smallest absolute Gasteiger partial charge is 0.410 e. The van der Waals surface area contributed by atoms with Gasteiger partial charge >= 0.3 is 12.2 Å². The number of carbonyl (C=O) groups excluding carboxylic acids is 2. The van der Waals surface area contributed by atoms with Crippen LogP contribution in [0.3, 0.4) is 0 Å². The van der Waals surface area contributed by atoms with Crippen LogP contribution >= 0.6 is 45.2 Å². The third-order valence-electron chi connectivity index (χ3n) is 6.26. The molecule has 17 heteroatoms. The minimum atomic E-state index is -1.14. The van der Waals surface area contributed by atoms with Gasteiger partial charge in [0.15, 0.2) is 11.5 Å². The summed E-state index contributed by atoms with van der Waals surface area (Å²) in [4.78, 5) is 33.1. The number of hydrogen-bond donors (Lipinski definition) is 2. The van der Waals surface area contributed by atoms with Gasteiger partial charge in [0.25, 0.3) is 11.9 Å². The summed E-state index contributed by atoms with van der Waals surface area (Å²) in [5.41, 5.74) is -1.26. The number of carbonyl (C=O) groups is 2. The molecule has 0 bridgehead atoms. The van der Waals surface area contributed by atoms with Gasteiger partial charge in [-0.3, -0.25) is 9.80 Å². The lowest BCUT2D eigenvalue weighted by molar-refractivity contribution is 0.0165. The van der Waals surface area contributed by atoms with Gasteiger partial charge in [0.1, 0.15) is 30.2 Å². The van der Waals surface area contributed by atoms with Crippen LogP contribution in [0.1, 0.15) is 54.4 Å². The molecule has 11 nitrogen and oxygen atoms in total. The van der Waals surface area contributed by atoms with Gasteiger partial charge < -0.3 is 24.4 Å². The van der Waals surface area contributed by atoms with E-state index in [-0.39, 0.29) is 50.6 Å². The van der Waals surface area contributed by atoms with E-state index in [1.807, 2.05) is 45.2 Å². The van der Waals surface area contributed by atoms with Crippen molar-refractivity contribution in [3.63, 3.8) is 0 Å². The van der Waals surface area contributed by atoms with Crippen LogP contribution in [-0.4, -0.2) is 104 Å². The molecule has 0 aromatic carbocycles. The van der Waals surface area contributed by atoms with Crippen LogP contribution in [0.4, 0.5) is 27.2 Å². The Morgan fingerprint density at radius 2 is 1.30 bits per heavy atom. The maximum Gasteiger partial charge on any atom is 0.410 e. The number of amides is 2. The first kappa shape index (κ1) is 40.8. The lowest BCUT2D eigenvalue weighted by Crippen LogP contribution is -2.42. The second-order valence-corrected chi connectivity index (χ2v) is 14.9. The molecular weight excluding hydrogens is 858 g/mol. The molecule has 0 unspecified atom stereocenters. The van der Waals surface area contributed by atoms with Gasteiger partial charge in [-0.25, -0.2) is 28.3 Å². The van der Waals surface area contributed by atoms with Gasteiger partial charge in [-0.05, 0) is 98.9 Å². The van der Waals surface area contributed by atoms with Crippen LogP contribution in [0.25, 0.3) is 0 Å². The second-order valence-electron chi connectivity index (χ2n) is 12.6. The van der Waals surface area contributed by atoms with E-state index in [0.29, 0.717) is 7.14 Å². The summed E-state index contributed by atoms with van der Waals surface area (Å²) in [6.45, 7) is 10.2. The number of likely N-dealkylation sites (tertiary alicyclic amines) is 2. The minimum absolute atomic E-state index is 0.0135. The van der Waals surface area contributed by atoms with E-state index in [1.54, 1.807) is 47.6 Å². The quantitative estimate of drug-likeness (QED) is 0.203. The molecule has 2 N–H and O–H groups in total. The maximum absolute atomic E-state index is 13.7. The van der Waals surface area contributed by atoms with E-state index in [1.165, 1.54) is 28.3 Å². The molecule has 264 valence electrons. The topological polar surface area (TPSA) is 135 Å². The first-order valence-electron chi connectivity index (χ1n) is 14.5. The molecule has 4 heterocycles. The number of aliphatic hydroxyl groups excluding tert-OH is 1. The summed E-state index contributed by atoms with van der Waals surface area (Å²) in [6.07, 6.45) is -0.382. The van der Waals surface area contributed by atoms with Crippen molar-refractivity contribution in [2.75, 3.05) is 26.3 Å². The third kappa shape index (κ3) is 13.5. The zero-order valence-corrected chi connectivity index (χ0v) is 31.2. The lowest BCUT2D eigenvalue weighted by Gasteiger charge is -2.28. The van der Waals surface area contributed by atoms with Crippen LogP contribution in [0.2, 0.25) is 0 Å². The highest BCUT2D eigenvalue weighted by molar-refractivity contribution is 14.1. The first-order valence-corrected chi connectivity index (χ1v) is 16.7. The predicted octanol–water partition coefficient (Wildman–Crippen LogP) is 6.41. The van der Waals surface area contributed by atoms with E-state index in [0.717, 1.165) is 0 Å². The number of aromatic hydroxyl groups is 1. The summed E-state index contributed by atoms with van der Waals surface area (Å²) in [6, 6.07) is 2.18. The standard InChI is InChI=1S/C15H19F2IN2O3.C10H18FNO3.C5H3FINO/c1-15(2,3)23-14(21)20-7-9(16)6-10(20)8-22-12-11(18)4-5-19-13(12)17;1-10(2,3)15-9(14)12-5-7(11)4-8(12)6-13;6-5-4(9)3(7)1-2-8-5/h4-5,9-10H,6-8H2,1-3H3;7-8,13H,4-6H2,1-3H3;1-2,9H/t9-,10-;7-,8-;/m00./s1. The summed E-state index contributed by atoms with van der Waals surface area (Å²) in [5, 5.41) is 17.7. The maximum atomic E-state index is 13.7. The van der Waals surface area contributed by atoms with Gasteiger partial charge in [-0.2, -0.15) is 8.78 Å². The molecule has 2 saturated heterocycles. The number of ether oxygens (including phenoxy) is 3. The van der Waals surface area contributed by atoms with E-state index < -0.39 is 59.7 Å². The summed E-state index contributed by atoms with van der Waals surface area (Å²) >= 11 is 3.75. The van der Waals surface area contributed by atoms with Gasteiger partial charge in [0, 0.05) is 25.2 Å². The molecule has 2 aromatic rings. The average molecular weight is 898 g/mol. The Balaban J connectivity index is 0.000000273. The Labute approximate surface area is 298 Å². The zero-order valence-electron chi connectivity index (χ0n) is 26.9. The third-order valence-corrected chi connectivity index (χ3v) is 7.98. The summed E-state index contributed by atoms with van der Waals surface area (Å²) < 4.78 is 69.5. The molecule has 2 aliphatic heterocycles. The lowest BCUT2D eigenvalue weighted by atomic mass is 10.2. The summed E-state index contributed by atoms with van der Waals surface area (Å²) in [7, 11) is 0. The van der Waals surface area contributed by atoms with Crippen molar-refractivity contribution in [1.29, 1.82) is 0 Å². The number of nitrogens with zero attached hydrogens (tertiary/aromatic N) is 4. The average Bonchev–Trinajstić information content (AvgIpc) is 3.52.